The van der Waals surface area contributed by atoms with Crippen LogP contribution in [-0.4, -0.2) is 29.0 Å². The summed E-state index contributed by atoms with van der Waals surface area (Å²) in [6, 6.07) is 28.4. The number of hydrogen-bond acceptors (Lipinski definition) is 4. The number of aromatic nitrogens is 2. The van der Waals surface area contributed by atoms with Gasteiger partial charge in [0.05, 0.1) is 17.0 Å². The number of hydrogen-bond donors (Lipinski definition) is 1. The van der Waals surface area contributed by atoms with Gasteiger partial charge in [-0.1, -0.05) is 78.9 Å². The summed E-state index contributed by atoms with van der Waals surface area (Å²) >= 11 is 0. The molecule has 0 amide bonds. The molecule has 3 aromatic carbocycles. The number of halogens is 1. The van der Waals surface area contributed by atoms with E-state index in [-0.39, 0.29) is 18.4 Å². The fourth-order valence-corrected chi connectivity index (χ4v) is 4.93. The highest BCUT2D eigenvalue weighted by Crippen LogP contribution is 2.44. The molecule has 4 aromatic rings. The summed E-state index contributed by atoms with van der Waals surface area (Å²) in [6.07, 6.45) is 1.50. The van der Waals surface area contributed by atoms with E-state index in [1.807, 2.05) is 60.7 Å². The number of esters is 1. The lowest BCUT2D eigenvalue weighted by atomic mass is 9.84. The minimum atomic E-state index is -0.513. The van der Waals surface area contributed by atoms with Crippen molar-refractivity contribution in [2.24, 2.45) is 0 Å². The Hall–Kier alpha value is -3.57. The zero-order chi connectivity index (χ0) is 21.5. The second-order valence-electron chi connectivity index (χ2n) is 8.43. The largest absolute Gasteiger partial charge is 0.450 e. The van der Waals surface area contributed by atoms with Crippen molar-refractivity contribution >= 4 is 24.3 Å². The Morgan fingerprint density at radius 1 is 0.818 bits per heavy atom. The summed E-state index contributed by atoms with van der Waals surface area (Å²) < 4.78 is 5.92. The highest BCUT2D eigenvalue weighted by atomic mass is 35.5. The molecule has 0 unspecified atom stereocenters. The van der Waals surface area contributed by atoms with Crippen molar-refractivity contribution in [1.82, 2.24) is 9.97 Å². The number of nitrogens with one attached hydrogen (secondary N) is 1. The molecule has 1 spiro atoms. The Morgan fingerprint density at radius 3 is 2.12 bits per heavy atom. The molecule has 1 N–H and O–H groups in total. The first-order valence-corrected chi connectivity index (χ1v) is 11.0. The minimum Gasteiger partial charge on any atom is -0.450 e. The summed E-state index contributed by atoms with van der Waals surface area (Å²) in [5.74, 6) is 0.653. The average Bonchev–Trinajstić information content (AvgIpc) is 3.41. The number of imidazole rings is 1. The topological polar surface area (TPSA) is 58.2 Å². The maximum absolute atomic E-state index is 12.4. The van der Waals surface area contributed by atoms with Crippen LogP contribution in [-0.2, 0) is 10.3 Å². The van der Waals surface area contributed by atoms with Crippen LogP contribution in [0.1, 0.15) is 28.8 Å². The van der Waals surface area contributed by atoms with Crippen molar-refractivity contribution in [2.75, 3.05) is 18.0 Å². The third-order valence-electron chi connectivity index (χ3n) is 6.60. The van der Waals surface area contributed by atoms with Gasteiger partial charge >= 0.3 is 5.97 Å². The molecule has 1 aromatic heterocycles. The summed E-state index contributed by atoms with van der Waals surface area (Å²) in [7, 11) is 0. The van der Waals surface area contributed by atoms with Gasteiger partial charge < -0.3 is 14.6 Å². The molecule has 2 aliphatic heterocycles. The van der Waals surface area contributed by atoms with E-state index in [0.29, 0.717) is 5.56 Å². The summed E-state index contributed by atoms with van der Waals surface area (Å²) in [5, 5.41) is 0. The molecule has 33 heavy (non-hydrogen) atoms. The van der Waals surface area contributed by atoms with Crippen LogP contribution >= 0.6 is 12.4 Å². The van der Waals surface area contributed by atoms with Crippen molar-refractivity contribution < 1.29 is 9.53 Å². The van der Waals surface area contributed by atoms with Crippen LogP contribution in [0, 0.1) is 0 Å². The lowest BCUT2D eigenvalue weighted by Gasteiger charge is -2.38. The van der Waals surface area contributed by atoms with Crippen molar-refractivity contribution in [3.63, 3.8) is 0 Å². The predicted octanol–water partition coefficient (Wildman–Crippen LogP) is 5.83. The SMILES string of the molecule is Cl.O=C1OC2(CCN(c3nc(-c4ccccc4)c(-c4ccccc4)[nH]3)CC2)c2ccccc21. The van der Waals surface area contributed by atoms with E-state index in [0.717, 1.165) is 60.0 Å². The third kappa shape index (κ3) is 3.58. The van der Waals surface area contributed by atoms with E-state index in [1.54, 1.807) is 0 Å². The first-order chi connectivity index (χ1) is 15.7. The van der Waals surface area contributed by atoms with Crippen LogP contribution < -0.4 is 4.90 Å². The number of ether oxygens (including phenoxy) is 1. The van der Waals surface area contributed by atoms with E-state index >= 15 is 0 Å². The normalized spacial score (nSPS) is 16.2. The molecule has 6 rings (SSSR count). The minimum absolute atomic E-state index is 0. The molecule has 1 saturated heterocycles. The zero-order valence-electron chi connectivity index (χ0n) is 18.0. The summed E-state index contributed by atoms with van der Waals surface area (Å²) in [6.45, 7) is 1.52. The number of rotatable bonds is 3. The van der Waals surface area contributed by atoms with Gasteiger partial charge in [0.25, 0.3) is 0 Å². The van der Waals surface area contributed by atoms with E-state index in [9.17, 15) is 4.79 Å². The van der Waals surface area contributed by atoms with Crippen LogP contribution in [0.25, 0.3) is 22.5 Å². The Bertz CT molecular complexity index is 1220. The van der Waals surface area contributed by atoms with E-state index in [1.165, 1.54) is 0 Å². The molecule has 0 atom stereocenters. The number of fused-ring (bicyclic) bond motifs is 2. The predicted molar refractivity (Wildman–Crippen MR) is 132 cm³/mol. The number of H-pyrrole nitrogens is 1. The fourth-order valence-electron chi connectivity index (χ4n) is 4.93. The maximum atomic E-state index is 12.4. The van der Waals surface area contributed by atoms with Gasteiger partial charge in [-0.2, -0.15) is 0 Å². The second-order valence-corrected chi connectivity index (χ2v) is 8.43. The first kappa shape index (κ1) is 21.3. The van der Waals surface area contributed by atoms with Crippen molar-refractivity contribution in [3.05, 3.63) is 96.1 Å². The molecule has 6 heteroatoms. The number of carbonyl (C=O) groups is 1. The molecule has 0 aliphatic carbocycles. The molecule has 2 aliphatic rings. The van der Waals surface area contributed by atoms with Gasteiger partial charge in [-0.25, -0.2) is 9.78 Å². The van der Waals surface area contributed by atoms with Gasteiger partial charge in [0, 0.05) is 42.6 Å². The van der Waals surface area contributed by atoms with Gasteiger partial charge in [0.15, 0.2) is 0 Å². The van der Waals surface area contributed by atoms with Crippen molar-refractivity contribution in [1.29, 1.82) is 0 Å². The zero-order valence-corrected chi connectivity index (χ0v) is 18.8. The molecule has 5 nitrogen and oxygen atoms in total. The van der Waals surface area contributed by atoms with E-state index in [4.69, 9.17) is 9.72 Å². The lowest BCUT2D eigenvalue weighted by Crippen LogP contribution is -2.43. The highest BCUT2D eigenvalue weighted by Gasteiger charge is 2.47. The van der Waals surface area contributed by atoms with Crippen LogP contribution in [0.3, 0.4) is 0 Å². The summed E-state index contributed by atoms with van der Waals surface area (Å²) in [5.41, 5.74) is 5.38. The van der Waals surface area contributed by atoms with Gasteiger partial charge in [-0.15, -0.1) is 12.4 Å². The van der Waals surface area contributed by atoms with Crippen molar-refractivity contribution in [3.8, 4) is 22.5 Å². The maximum Gasteiger partial charge on any atom is 0.339 e. The average molecular weight is 458 g/mol. The molecule has 3 heterocycles. The monoisotopic (exact) mass is 457 g/mol. The molecule has 1 fully saturated rings. The first-order valence-electron chi connectivity index (χ1n) is 11.0. The third-order valence-corrected chi connectivity index (χ3v) is 6.60. The molecule has 0 saturated carbocycles. The molecule has 166 valence electrons. The smallest absolute Gasteiger partial charge is 0.339 e. The quantitative estimate of drug-likeness (QED) is 0.393. The Balaban J connectivity index is 0.00000228. The Morgan fingerprint density at radius 2 is 1.42 bits per heavy atom. The van der Waals surface area contributed by atoms with Gasteiger partial charge in [-0.05, 0) is 6.07 Å². The van der Waals surface area contributed by atoms with Gasteiger partial charge in [0.2, 0.25) is 5.95 Å². The molecular weight excluding hydrogens is 434 g/mol. The number of benzene rings is 3. The molecule has 0 bridgehead atoms. The standard InChI is InChI=1S/C27H23N3O2.ClH/c31-25-21-13-7-8-14-22(21)27(32-25)15-17-30(18-16-27)26-28-23(19-9-3-1-4-10-19)24(29-26)20-11-5-2-6-12-20;/h1-14H,15-18H2,(H,28,29);1H. The van der Waals surface area contributed by atoms with Gasteiger partial charge in [0.1, 0.15) is 5.60 Å². The van der Waals surface area contributed by atoms with Crippen LogP contribution in [0.5, 0.6) is 0 Å². The van der Waals surface area contributed by atoms with Gasteiger partial charge in [-0.3, -0.25) is 0 Å². The number of piperidine rings is 1. The summed E-state index contributed by atoms with van der Waals surface area (Å²) in [4.78, 5) is 23.3. The highest BCUT2D eigenvalue weighted by molar-refractivity contribution is 5.94. The van der Waals surface area contributed by atoms with Crippen molar-refractivity contribution in [2.45, 2.75) is 18.4 Å². The Labute approximate surface area is 198 Å². The van der Waals surface area contributed by atoms with Crippen LogP contribution in [0.2, 0.25) is 0 Å². The lowest BCUT2D eigenvalue weighted by molar-refractivity contribution is -0.0211. The Kier molecular flexibility index (Phi) is 5.43. The molecule has 0 radical (unpaired) electrons. The van der Waals surface area contributed by atoms with Crippen LogP contribution in [0.15, 0.2) is 84.9 Å². The number of aromatic amines is 1. The second kappa shape index (κ2) is 8.41. The van der Waals surface area contributed by atoms with Crippen LogP contribution in [0.4, 0.5) is 5.95 Å². The number of anilines is 1. The number of carbonyl (C=O) groups excluding carboxylic acids is 1. The fraction of sp³-hybridized carbons (Fsp3) is 0.185. The van der Waals surface area contributed by atoms with E-state index < -0.39 is 5.60 Å². The van der Waals surface area contributed by atoms with E-state index in [2.05, 4.69) is 34.1 Å². The molecular formula is C27H24ClN3O2. The number of nitrogens with zero attached hydrogens (tertiary/aromatic N) is 2.